The standard InChI is InChI=1S/C19H17F3N2O2/c1-12-8-9-13(2)14(10-12)11-24-16(25)18(19(20,21)22,23-17(24)26)15-6-4-3-5-7-15/h3-10H,11H2,1-2H3,(H,23,26). The van der Waals surface area contributed by atoms with Gasteiger partial charge in [-0.05, 0) is 30.5 Å². The van der Waals surface area contributed by atoms with Crippen molar-refractivity contribution in [3.8, 4) is 0 Å². The predicted molar refractivity (Wildman–Crippen MR) is 89.2 cm³/mol. The van der Waals surface area contributed by atoms with Gasteiger partial charge < -0.3 is 5.32 Å². The quantitative estimate of drug-likeness (QED) is 0.844. The van der Waals surface area contributed by atoms with E-state index >= 15 is 0 Å². The number of alkyl halides is 3. The summed E-state index contributed by atoms with van der Waals surface area (Å²) < 4.78 is 41.8. The van der Waals surface area contributed by atoms with Crippen molar-refractivity contribution < 1.29 is 22.8 Å². The Hall–Kier alpha value is -2.83. The van der Waals surface area contributed by atoms with Gasteiger partial charge in [0.15, 0.2) is 0 Å². The van der Waals surface area contributed by atoms with Crippen molar-refractivity contribution in [2.24, 2.45) is 0 Å². The van der Waals surface area contributed by atoms with Crippen LogP contribution in [0.5, 0.6) is 0 Å². The number of carbonyl (C=O) groups is 2. The second-order valence-corrected chi connectivity index (χ2v) is 6.37. The van der Waals surface area contributed by atoms with Gasteiger partial charge in [-0.15, -0.1) is 0 Å². The Morgan fingerprint density at radius 1 is 1.04 bits per heavy atom. The number of hydrogen-bond donors (Lipinski definition) is 1. The molecular formula is C19H17F3N2O2. The third kappa shape index (κ3) is 2.73. The first-order chi connectivity index (χ1) is 12.2. The second kappa shape index (κ2) is 6.16. The van der Waals surface area contributed by atoms with Crippen LogP contribution >= 0.6 is 0 Å². The fraction of sp³-hybridized carbons (Fsp3) is 0.263. The summed E-state index contributed by atoms with van der Waals surface area (Å²) in [6, 6.07) is 11.1. The van der Waals surface area contributed by atoms with E-state index in [1.165, 1.54) is 24.3 Å². The summed E-state index contributed by atoms with van der Waals surface area (Å²) in [5.74, 6) is -1.32. The smallest absolute Gasteiger partial charge is 0.312 e. The molecule has 1 atom stereocenters. The minimum atomic E-state index is -4.97. The number of imide groups is 1. The molecule has 3 rings (SSSR count). The maximum atomic E-state index is 13.9. The van der Waals surface area contributed by atoms with Crippen molar-refractivity contribution in [3.05, 3.63) is 70.8 Å². The molecule has 1 N–H and O–H groups in total. The molecule has 0 aliphatic carbocycles. The van der Waals surface area contributed by atoms with Gasteiger partial charge in [0.2, 0.25) is 5.54 Å². The first-order valence-corrected chi connectivity index (χ1v) is 7.99. The highest BCUT2D eigenvalue weighted by Crippen LogP contribution is 2.43. The largest absolute Gasteiger partial charge is 0.425 e. The minimum Gasteiger partial charge on any atom is -0.312 e. The molecule has 0 aromatic heterocycles. The van der Waals surface area contributed by atoms with Crippen LogP contribution in [-0.4, -0.2) is 23.0 Å². The van der Waals surface area contributed by atoms with Crippen LogP contribution in [0.1, 0.15) is 22.3 Å². The maximum absolute atomic E-state index is 13.9. The van der Waals surface area contributed by atoms with Crippen molar-refractivity contribution in [1.29, 1.82) is 0 Å². The predicted octanol–water partition coefficient (Wildman–Crippen LogP) is 3.81. The van der Waals surface area contributed by atoms with E-state index in [-0.39, 0.29) is 12.1 Å². The maximum Gasteiger partial charge on any atom is 0.425 e. The first-order valence-electron chi connectivity index (χ1n) is 7.99. The van der Waals surface area contributed by atoms with E-state index in [0.29, 0.717) is 10.5 Å². The molecule has 26 heavy (non-hydrogen) atoms. The van der Waals surface area contributed by atoms with E-state index < -0.39 is 23.7 Å². The van der Waals surface area contributed by atoms with E-state index in [1.807, 2.05) is 18.3 Å². The monoisotopic (exact) mass is 362 g/mol. The minimum absolute atomic E-state index is 0.219. The number of hydrogen-bond acceptors (Lipinski definition) is 2. The van der Waals surface area contributed by atoms with Crippen molar-refractivity contribution >= 4 is 11.9 Å². The average Bonchev–Trinajstić information content (AvgIpc) is 2.84. The van der Waals surface area contributed by atoms with Gasteiger partial charge in [0.25, 0.3) is 5.91 Å². The molecular weight excluding hydrogens is 345 g/mol. The number of urea groups is 1. The van der Waals surface area contributed by atoms with Crippen LogP contribution in [0.3, 0.4) is 0 Å². The van der Waals surface area contributed by atoms with Crippen LogP contribution in [-0.2, 0) is 16.9 Å². The highest BCUT2D eigenvalue weighted by Gasteiger charge is 2.68. The summed E-state index contributed by atoms with van der Waals surface area (Å²) in [6.07, 6.45) is -4.97. The Labute approximate surface area is 148 Å². The van der Waals surface area contributed by atoms with Crippen LogP contribution < -0.4 is 5.32 Å². The lowest BCUT2D eigenvalue weighted by atomic mass is 9.89. The number of nitrogens with one attached hydrogen (secondary N) is 1. The molecule has 0 saturated carbocycles. The van der Waals surface area contributed by atoms with Crippen LogP contribution in [0.25, 0.3) is 0 Å². The molecule has 1 aliphatic rings. The van der Waals surface area contributed by atoms with Crippen LogP contribution in [0.15, 0.2) is 48.5 Å². The molecule has 1 unspecified atom stereocenters. The Bertz CT molecular complexity index is 865. The molecule has 1 fully saturated rings. The van der Waals surface area contributed by atoms with Crippen LogP contribution in [0, 0.1) is 13.8 Å². The molecule has 7 heteroatoms. The van der Waals surface area contributed by atoms with Gasteiger partial charge in [-0.1, -0.05) is 54.1 Å². The van der Waals surface area contributed by atoms with Crippen molar-refractivity contribution in [3.63, 3.8) is 0 Å². The molecule has 1 aliphatic heterocycles. The summed E-state index contributed by atoms with van der Waals surface area (Å²) in [6.45, 7) is 3.39. The Balaban J connectivity index is 2.05. The third-order valence-electron chi connectivity index (χ3n) is 4.57. The summed E-state index contributed by atoms with van der Waals surface area (Å²) in [5.41, 5.74) is -1.07. The first kappa shape index (κ1) is 18.0. The number of rotatable bonds is 3. The molecule has 4 nitrogen and oxygen atoms in total. The van der Waals surface area contributed by atoms with Gasteiger partial charge in [0.05, 0.1) is 6.54 Å². The lowest BCUT2D eigenvalue weighted by Crippen LogP contribution is -2.55. The van der Waals surface area contributed by atoms with E-state index in [2.05, 4.69) is 0 Å². The van der Waals surface area contributed by atoms with E-state index in [0.717, 1.165) is 11.1 Å². The number of amides is 3. The highest BCUT2D eigenvalue weighted by molar-refractivity contribution is 6.08. The van der Waals surface area contributed by atoms with Gasteiger partial charge in [-0.3, -0.25) is 9.69 Å². The number of nitrogens with zero attached hydrogens (tertiary/aromatic N) is 1. The van der Waals surface area contributed by atoms with E-state index in [4.69, 9.17) is 0 Å². The molecule has 1 heterocycles. The molecule has 0 spiro atoms. The lowest BCUT2D eigenvalue weighted by molar-refractivity contribution is -0.198. The molecule has 136 valence electrons. The van der Waals surface area contributed by atoms with Crippen molar-refractivity contribution in [2.75, 3.05) is 0 Å². The van der Waals surface area contributed by atoms with Crippen LogP contribution in [0.4, 0.5) is 18.0 Å². The van der Waals surface area contributed by atoms with E-state index in [1.54, 1.807) is 25.1 Å². The summed E-state index contributed by atoms with van der Waals surface area (Å²) in [5, 5.41) is 1.89. The summed E-state index contributed by atoms with van der Waals surface area (Å²) in [4.78, 5) is 25.8. The highest BCUT2D eigenvalue weighted by atomic mass is 19.4. The lowest BCUT2D eigenvalue weighted by Gasteiger charge is -2.29. The average molecular weight is 362 g/mol. The molecule has 2 aromatic rings. The zero-order valence-electron chi connectivity index (χ0n) is 14.2. The molecule has 0 bridgehead atoms. The number of carbonyl (C=O) groups excluding carboxylic acids is 2. The molecule has 2 aromatic carbocycles. The summed E-state index contributed by atoms with van der Waals surface area (Å²) >= 11 is 0. The molecule has 3 amide bonds. The normalized spacial score (nSPS) is 20.4. The van der Waals surface area contributed by atoms with Gasteiger partial charge in [0.1, 0.15) is 0 Å². The number of aryl methyl sites for hydroxylation is 2. The van der Waals surface area contributed by atoms with Crippen LogP contribution in [0.2, 0.25) is 0 Å². The Morgan fingerprint density at radius 3 is 2.31 bits per heavy atom. The fourth-order valence-corrected chi connectivity index (χ4v) is 3.10. The SMILES string of the molecule is Cc1ccc(C)c(CN2C(=O)NC(c3ccccc3)(C(F)(F)F)C2=O)c1. The third-order valence-corrected chi connectivity index (χ3v) is 4.57. The zero-order chi connectivity index (χ0) is 19.1. The Morgan fingerprint density at radius 2 is 1.69 bits per heavy atom. The van der Waals surface area contributed by atoms with Crippen molar-refractivity contribution in [2.45, 2.75) is 32.1 Å². The number of benzene rings is 2. The fourth-order valence-electron chi connectivity index (χ4n) is 3.10. The van der Waals surface area contributed by atoms with Gasteiger partial charge in [0, 0.05) is 0 Å². The number of halogens is 3. The molecule has 0 radical (unpaired) electrons. The zero-order valence-corrected chi connectivity index (χ0v) is 14.2. The van der Waals surface area contributed by atoms with Crippen molar-refractivity contribution in [1.82, 2.24) is 10.2 Å². The summed E-state index contributed by atoms with van der Waals surface area (Å²) in [7, 11) is 0. The van der Waals surface area contributed by atoms with Gasteiger partial charge >= 0.3 is 12.2 Å². The van der Waals surface area contributed by atoms with Gasteiger partial charge in [-0.25, -0.2) is 4.79 Å². The molecule has 1 saturated heterocycles. The topological polar surface area (TPSA) is 49.4 Å². The Kier molecular flexibility index (Phi) is 4.26. The van der Waals surface area contributed by atoms with Gasteiger partial charge in [-0.2, -0.15) is 13.2 Å². The second-order valence-electron chi connectivity index (χ2n) is 6.37. The van der Waals surface area contributed by atoms with E-state index in [9.17, 15) is 22.8 Å².